The number of hydrogen-bond donors (Lipinski definition) is 2. The number of aliphatic hydroxyl groups excluding tert-OH is 1. The summed E-state index contributed by atoms with van der Waals surface area (Å²) >= 11 is -4.26. The van der Waals surface area contributed by atoms with E-state index < -0.39 is 19.6 Å². The van der Waals surface area contributed by atoms with Crippen molar-refractivity contribution >= 4 is 31.6 Å². The van der Waals surface area contributed by atoms with Crippen LogP contribution in [0.2, 0.25) is 6.55 Å². The molecule has 1 aliphatic carbocycles. The van der Waals surface area contributed by atoms with Gasteiger partial charge in [0.05, 0.1) is 0 Å². The number of halogens is 2. The first-order valence-electron chi connectivity index (χ1n) is 7.94. The fraction of sp³-hybridized carbons (Fsp3) is 0.500. The van der Waals surface area contributed by atoms with E-state index in [-0.39, 0.29) is 23.0 Å². The van der Waals surface area contributed by atoms with Crippen LogP contribution in [0.1, 0.15) is 36.1 Å². The Balaban J connectivity index is 2.49. The molecular formula is C16H26Cl2NO2SiTi. The molecule has 0 aliphatic heterocycles. The first-order valence-corrected chi connectivity index (χ1v) is 18.8. The van der Waals surface area contributed by atoms with Crippen LogP contribution in [0.5, 0.6) is 0 Å². The van der Waals surface area contributed by atoms with E-state index in [2.05, 4.69) is 55.4 Å². The van der Waals surface area contributed by atoms with Crippen LogP contribution in [-0.2, 0) is 17.1 Å². The van der Waals surface area contributed by atoms with E-state index in [9.17, 15) is 0 Å². The van der Waals surface area contributed by atoms with E-state index in [1.807, 2.05) is 12.1 Å². The molecule has 3 nitrogen and oxygen atoms in total. The van der Waals surface area contributed by atoms with Gasteiger partial charge in [0.25, 0.3) is 0 Å². The second-order valence-electron chi connectivity index (χ2n) is 7.23. The van der Waals surface area contributed by atoms with Crippen molar-refractivity contribution in [3.05, 3.63) is 41.5 Å². The molecule has 2 N–H and O–H groups in total. The molecule has 1 aromatic rings. The van der Waals surface area contributed by atoms with Gasteiger partial charge < -0.3 is 0 Å². The molecule has 0 fully saturated rings. The van der Waals surface area contributed by atoms with E-state index in [0.717, 1.165) is 0 Å². The molecule has 0 bridgehead atoms. The molecule has 2 unspecified atom stereocenters. The second-order valence-corrected chi connectivity index (χ2v) is 33.1. The molecule has 0 saturated heterocycles. The molecule has 2 rings (SSSR count). The predicted octanol–water partition coefficient (Wildman–Crippen LogP) is 3.91. The molecule has 1 aliphatic rings. The Morgan fingerprint density at radius 1 is 1.30 bits per heavy atom. The number of nitrogens with one attached hydrogen (secondary N) is 1. The monoisotopic (exact) mass is 410 g/mol. The number of fused-ring (bicyclic) bond motifs is 1. The number of benzene rings is 1. The second kappa shape index (κ2) is 6.93. The third-order valence-corrected chi connectivity index (χ3v) is 31.1. The van der Waals surface area contributed by atoms with Crippen molar-refractivity contribution in [2.45, 2.75) is 37.1 Å². The van der Waals surface area contributed by atoms with Crippen LogP contribution < -0.4 is 3.80 Å². The van der Waals surface area contributed by atoms with Gasteiger partial charge in [-0.1, -0.05) is 0 Å². The Hall–Kier alpha value is 0.351. The fourth-order valence-electron chi connectivity index (χ4n) is 3.24. The average Bonchev–Trinajstić information content (AvgIpc) is 2.87. The Kier molecular flexibility index (Phi) is 5.93. The topological polar surface area (TPSA) is 41.5 Å². The van der Waals surface area contributed by atoms with Crippen LogP contribution in [0.3, 0.4) is 0 Å². The molecule has 0 amide bonds. The van der Waals surface area contributed by atoms with Crippen LogP contribution in [-0.4, -0.2) is 30.8 Å². The van der Waals surface area contributed by atoms with Gasteiger partial charge in [-0.25, -0.2) is 0 Å². The van der Waals surface area contributed by atoms with Crippen molar-refractivity contribution in [3.8, 4) is 0 Å². The first-order chi connectivity index (χ1) is 10.6. The van der Waals surface area contributed by atoms with Gasteiger partial charge in [0.1, 0.15) is 0 Å². The van der Waals surface area contributed by atoms with E-state index in [1.54, 1.807) is 0 Å². The number of allylic oxidation sites excluding steroid dienone is 1. The normalized spacial score (nSPS) is 20.8. The van der Waals surface area contributed by atoms with Crippen LogP contribution in [0.25, 0.3) is 6.08 Å². The molecule has 0 heterocycles. The molecule has 7 heteroatoms. The van der Waals surface area contributed by atoms with E-state index in [4.69, 9.17) is 28.1 Å². The zero-order chi connectivity index (χ0) is 17.3. The van der Waals surface area contributed by atoms with Crippen LogP contribution >= 0.6 is 18.6 Å². The fourth-order valence-corrected chi connectivity index (χ4v) is 23.0. The van der Waals surface area contributed by atoms with Crippen LogP contribution in [0, 0.1) is 0 Å². The third kappa shape index (κ3) is 4.13. The van der Waals surface area contributed by atoms with Gasteiger partial charge in [0.2, 0.25) is 0 Å². The Bertz CT molecular complexity index is 604. The van der Waals surface area contributed by atoms with Crippen molar-refractivity contribution in [3.63, 3.8) is 0 Å². The molecule has 0 spiro atoms. The van der Waals surface area contributed by atoms with Crippen molar-refractivity contribution in [2.75, 3.05) is 13.2 Å². The average molecular weight is 411 g/mol. The SMILES string of the molecule is C[SiH](OCCO)[Ti]([Cl])([Cl])([NH]C(C)(C)C)[CH]1C=Cc2ccccc21. The molecule has 2 atom stereocenters. The molecule has 1 aromatic carbocycles. The van der Waals surface area contributed by atoms with Gasteiger partial charge in [-0.3, -0.25) is 0 Å². The number of aliphatic hydroxyl groups is 1. The number of hydrogen-bond acceptors (Lipinski definition) is 3. The van der Waals surface area contributed by atoms with Gasteiger partial charge in [-0.15, -0.1) is 0 Å². The van der Waals surface area contributed by atoms with Crippen LogP contribution in [0.4, 0.5) is 0 Å². The summed E-state index contributed by atoms with van der Waals surface area (Å²) in [5.41, 5.74) is 2.14. The quantitative estimate of drug-likeness (QED) is 0.698. The summed E-state index contributed by atoms with van der Waals surface area (Å²) in [5.74, 6) is 0. The van der Waals surface area contributed by atoms with Gasteiger partial charge in [0, 0.05) is 0 Å². The van der Waals surface area contributed by atoms with Crippen molar-refractivity contribution < 1.29 is 22.2 Å². The molecular weight excluding hydrogens is 385 g/mol. The summed E-state index contributed by atoms with van der Waals surface area (Å²) in [6, 6.07) is 8.24. The van der Waals surface area contributed by atoms with Gasteiger partial charge in [0.15, 0.2) is 0 Å². The minimum atomic E-state index is -4.26. The van der Waals surface area contributed by atoms with Crippen molar-refractivity contribution in [1.82, 2.24) is 3.80 Å². The molecule has 0 saturated carbocycles. The summed E-state index contributed by atoms with van der Waals surface area (Å²) < 4.78 is 9.55. The maximum absolute atomic E-state index is 9.12. The van der Waals surface area contributed by atoms with E-state index in [0.29, 0.717) is 0 Å². The van der Waals surface area contributed by atoms with Gasteiger partial charge >= 0.3 is 149 Å². The van der Waals surface area contributed by atoms with Gasteiger partial charge in [-0.2, -0.15) is 0 Å². The summed E-state index contributed by atoms with van der Waals surface area (Å²) in [7, 11) is 14.7. The predicted molar refractivity (Wildman–Crippen MR) is 98.9 cm³/mol. The molecule has 23 heavy (non-hydrogen) atoms. The zero-order valence-electron chi connectivity index (χ0n) is 14.1. The van der Waals surface area contributed by atoms with E-state index in [1.165, 1.54) is 11.1 Å². The maximum atomic E-state index is 9.12. The van der Waals surface area contributed by atoms with Gasteiger partial charge in [-0.05, 0) is 0 Å². The molecule has 0 aromatic heterocycles. The zero-order valence-corrected chi connectivity index (χ0v) is 18.4. The van der Waals surface area contributed by atoms with E-state index >= 15 is 0 Å². The summed E-state index contributed by atoms with van der Waals surface area (Å²) in [4.78, 5) is 0. The summed E-state index contributed by atoms with van der Waals surface area (Å²) in [6.07, 6.45) is 4.23. The Labute approximate surface area is 148 Å². The first kappa shape index (κ1) is 19.7. The van der Waals surface area contributed by atoms with Crippen molar-refractivity contribution in [1.29, 1.82) is 0 Å². The minimum absolute atomic E-state index is 0.0138. The molecule has 0 radical (unpaired) electrons. The summed E-state index contributed by atoms with van der Waals surface area (Å²) in [5, 5.41) is 9.12. The molecule has 129 valence electrons. The Morgan fingerprint density at radius 3 is 2.57 bits per heavy atom. The number of rotatable bonds is 6. The third-order valence-electron chi connectivity index (χ3n) is 4.19. The van der Waals surface area contributed by atoms with Crippen LogP contribution in [0.15, 0.2) is 30.3 Å². The van der Waals surface area contributed by atoms with Crippen molar-refractivity contribution in [2.24, 2.45) is 0 Å². The summed E-state index contributed by atoms with van der Waals surface area (Å²) in [6.45, 7) is 6.60. The Morgan fingerprint density at radius 2 is 1.96 bits per heavy atom. The standard InChI is InChI=1S/C9H7.C4H10N.C3H9O2Si.2ClH.Ti/c1-2-5-9-7-3-6-8(9)4-1;1-4(2,3)5;1-6-5-3-2-4;;;/h1-7H;5H,1-3H3;4,6H,2-3H2,1H3;2*1H;/q;-1;;;;+3/p-2.